The Morgan fingerprint density at radius 1 is 0.800 bits per heavy atom. The highest BCUT2D eigenvalue weighted by Crippen LogP contribution is 2.22. The molecule has 0 aliphatic carbocycles. The third-order valence-electron chi connectivity index (χ3n) is 4.41. The van der Waals surface area contributed by atoms with Crippen LogP contribution in [0.1, 0.15) is 5.56 Å². The summed E-state index contributed by atoms with van der Waals surface area (Å²) >= 11 is 0. The van der Waals surface area contributed by atoms with Crippen LogP contribution in [0.4, 0.5) is 27.6 Å². The second-order valence-corrected chi connectivity index (χ2v) is 5.98. The lowest BCUT2D eigenvalue weighted by molar-refractivity contribution is -0.914. The Morgan fingerprint density at radius 2 is 1.28 bits per heavy atom. The zero-order valence-corrected chi connectivity index (χ0v) is 13.1. The molecule has 0 unspecified atom stereocenters. The van der Waals surface area contributed by atoms with Crippen LogP contribution >= 0.6 is 0 Å². The molecule has 0 atom stereocenters. The largest absolute Gasteiger partial charge is 0.508 e. The molecule has 2 aromatic carbocycles. The smallest absolute Gasteiger partial charge is 0.200 e. The molecule has 1 aliphatic heterocycles. The van der Waals surface area contributed by atoms with Crippen molar-refractivity contribution < 1.29 is 32.0 Å². The molecule has 0 amide bonds. The number of benzene rings is 2. The van der Waals surface area contributed by atoms with Crippen LogP contribution in [0.25, 0.3) is 0 Å². The number of nitrogens with one attached hydrogen (secondary N) is 1. The van der Waals surface area contributed by atoms with Crippen LogP contribution in [0.5, 0.6) is 5.75 Å². The van der Waals surface area contributed by atoms with E-state index < -0.39 is 34.6 Å². The molecule has 0 spiro atoms. The molecule has 2 N–H and O–H groups in total. The van der Waals surface area contributed by atoms with E-state index in [-0.39, 0.29) is 12.3 Å². The van der Waals surface area contributed by atoms with E-state index in [0.29, 0.717) is 26.2 Å². The first-order valence-corrected chi connectivity index (χ1v) is 7.76. The minimum atomic E-state index is -2.13. The van der Waals surface area contributed by atoms with Gasteiger partial charge in [0.25, 0.3) is 0 Å². The van der Waals surface area contributed by atoms with Gasteiger partial charge in [-0.25, -0.2) is 22.0 Å². The average Bonchev–Trinajstić information content (AvgIpc) is 2.63. The van der Waals surface area contributed by atoms with Crippen LogP contribution in [0.15, 0.2) is 24.3 Å². The number of rotatable bonds is 3. The topological polar surface area (TPSA) is 27.9 Å². The Morgan fingerprint density at radius 3 is 1.80 bits per heavy atom. The van der Waals surface area contributed by atoms with Gasteiger partial charge in [0.1, 0.15) is 12.3 Å². The average molecular weight is 359 g/mol. The fourth-order valence-corrected chi connectivity index (χ4v) is 2.98. The van der Waals surface area contributed by atoms with Gasteiger partial charge in [-0.15, -0.1) is 0 Å². The zero-order chi connectivity index (χ0) is 18.1. The van der Waals surface area contributed by atoms with Gasteiger partial charge in [-0.3, -0.25) is 0 Å². The molecule has 2 aromatic rings. The number of halogens is 5. The van der Waals surface area contributed by atoms with E-state index in [0.717, 1.165) is 10.6 Å². The number of hydrogen-bond donors (Lipinski definition) is 2. The summed E-state index contributed by atoms with van der Waals surface area (Å²) in [7, 11) is 0. The van der Waals surface area contributed by atoms with E-state index >= 15 is 0 Å². The number of phenols is 1. The number of aromatic hydroxyl groups is 1. The van der Waals surface area contributed by atoms with Crippen molar-refractivity contribution in [2.45, 2.75) is 6.54 Å². The number of nitrogens with zero attached hydrogens (tertiary/aromatic N) is 1. The maximum atomic E-state index is 13.8. The van der Waals surface area contributed by atoms with Crippen molar-refractivity contribution >= 4 is 5.69 Å². The Kier molecular flexibility index (Phi) is 4.80. The summed E-state index contributed by atoms with van der Waals surface area (Å²) in [6.45, 7) is 1.83. The monoisotopic (exact) mass is 359 g/mol. The van der Waals surface area contributed by atoms with Gasteiger partial charge in [0.05, 0.1) is 31.7 Å². The van der Waals surface area contributed by atoms with E-state index in [1.54, 1.807) is 24.3 Å². The standard InChI is InChI=1S/C17H15F5N2O/c18-13-12(14(19)16(21)17(22)15(13)20)9-23-5-7-24(8-6-23)10-1-3-11(25)4-2-10/h1-4,25H,5-9H2/p+1. The number of hydrogen-bond acceptors (Lipinski definition) is 2. The molecule has 1 fully saturated rings. The van der Waals surface area contributed by atoms with Crippen molar-refractivity contribution in [2.75, 3.05) is 31.1 Å². The molecule has 0 bridgehead atoms. The van der Waals surface area contributed by atoms with Crippen LogP contribution in [-0.2, 0) is 6.54 Å². The molecule has 0 aromatic heterocycles. The fourth-order valence-electron chi connectivity index (χ4n) is 2.98. The third kappa shape index (κ3) is 3.39. The molecule has 134 valence electrons. The van der Waals surface area contributed by atoms with Crippen molar-refractivity contribution in [2.24, 2.45) is 0 Å². The number of phenolic OH excluding ortho intramolecular Hbond substituents is 1. The number of quaternary nitrogens is 1. The predicted octanol–water partition coefficient (Wildman–Crippen LogP) is 1.99. The lowest BCUT2D eigenvalue weighted by atomic mass is 10.1. The molecular weight excluding hydrogens is 343 g/mol. The Hall–Kier alpha value is -2.35. The Bertz CT molecular complexity index is 745. The van der Waals surface area contributed by atoms with E-state index in [1.807, 2.05) is 4.90 Å². The van der Waals surface area contributed by atoms with Gasteiger partial charge in [0.2, 0.25) is 5.82 Å². The summed E-state index contributed by atoms with van der Waals surface area (Å²) in [5.74, 6) is -9.31. The number of piperazine rings is 1. The van der Waals surface area contributed by atoms with Crippen molar-refractivity contribution in [3.8, 4) is 5.75 Å². The van der Waals surface area contributed by atoms with Gasteiger partial charge in [-0.05, 0) is 24.3 Å². The van der Waals surface area contributed by atoms with Gasteiger partial charge in [-0.1, -0.05) is 0 Å². The summed E-state index contributed by atoms with van der Waals surface area (Å²) in [5.41, 5.74) is 0.123. The molecule has 25 heavy (non-hydrogen) atoms. The molecule has 3 nitrogen and oxygen atoms in total. The quantitative estimate of drug-likeness (QED) is 0.499. The molecule has 1 saturated heterocycles. The van der Waals surface area contributed by atoms with E-state index in [4.69, 9.17) is 0 Å². The molecule has 1 aliphatic rings. The van der Waals surface area contributed by atoms with Gasteiger partial charge >= 0.3 is 0 Å². The number of anilines is 1. The van der Waals surface area contributed by atoms with E-state index in [1.165, 1.54) is 0 Å². The molecular formula is C17H16F5N2O+. The van der Waals surface area contributed by atoms with Crippen LogP contribution in [0.3, 0.4) is 0 Å². The maximum absolute atomic E-state index is 13.8. The predicted molar refractivity (Wildman–Crippen MR) is 81.0 cm³/mol. The molecule has 0 radical (unpaired) electrons. The zero-order valence-electron chi connectivity index (χ0n) is 13.1. The maximum Gasteiger partial charge on any atom is 0.200 e. The second-order valence-electron chi connectivity index (χ2n) is 5.98. The summed E-state index contributed by atoms with van der Waals surface area (Å²) < 4.78 is 67.2. The first-order valence-electron chi connectivity index (χ1n) is 7.76. The van der Waals surface area contributed by atoms with Crippen LogP contribution in [-0.4, -0.2) is 31.3 Å². The normalized spacial score (nSPS) is 15.6. The van der Waals surface area contributed by atoms with Crippen molar-refractivity contribution in [3.63, 3.8) is 0 Å². The first kappa shape index (κ1) is 17.5. The summed E-state index contributed by atoms with van der Waals surface area (Å²) in [6.07, 6.45) is 0. The second kappa shape index (κ2) is 6.87. The van der Waals surface area contributed by atoms with Gasteiger partial charge < -0.3 is 14.9 Å². The third-order valence-corrected chi connectivity index (χ3v) is 4.41. The lowest BCUT2D eigenvalue weighted by Gasteiger charge is -2.33. The SMILES string of the molecule is Oc1ccc(N2CC[NH+](Cc3c(F)c(F)c(F)c(F)c3F)CC2)cc1. The van der Waals surface area contributed by atoms with Crippen molar-refractivity contribution in [1.82, 2.24) is 0 Å². The van der Waals surface area contributed by atoms with Crippen molar-refractivity contribution in [3.05, 3.63) is 58.9 Å². The molecule has 3 rings (SSSR count). The van der Waals surface area contributed by atoms with Crippen LogP contribution < -0.4 is 9.80 Å². The highest BCUT2D eigenvalue weighted by atomic mass is 19.2. The minimum Gasteiger partial charge on any atom is -0.508 e. The lowest BCUT2D eigenvalue weighted by Crippen LogP contribution is -3.13. The van der Waals surface area contributed by atoms with Gasteiger partial charge in [-0.2, -0.15) is 0 Å². The van der Waals surface area contributed by atoms with Gasteiger partial charge in [0.15, 0.2) is 23.3 Å². The summed E-state index contributed by atoms with van der Waals surface area (Å²) in [5, 5.41) is 9.30. The van der Waals surface area contributed by atoms with Gasteiger partial charge in [0, 0.05) is 5.69 Å². The Labute approximate surface area is 140 Å². The van der Waals surface area contributed by atoms with Crippen LogP contribution in [0, 0.1) is 29.1 Å². The highest BCUT2D eigenvalue weighted by Gasteiger charge is 2.29. The molecule has 0 saturated carbocycles. The Balaban J connectivity index is 1.70. The highest BCUT2D eigenvalue weighted by molar-refractivity contribution is 5.48. The first-order chi connectivity index (χ1) is 11.9. The van der Waals surface area contributed by atoms with Crippen molar-refractivity contribution in [1.29, 1.82) is 0 Å². The van der Waals surface area contributed by atoms with E-state index in [9.17, 15) is 27.1 Å². The fraction of sp³-hybridized carbons (Fsp3) is 0.294. The summed E-state index contributed by atoms with van der Waals surface area (Å²) in [4.78, 5) is 2.76. The van der Waals surface area contributed by atoms with E-state index in [2.05, 4.69) is 0 Å². The molecule has 8 heteroatoms. The van der Waals surface area contributed by atoms with Crippen LogP contribution in [0.2, 0.25) is 0 Å². The minimum absolute atomic E-state index is 0.152. The summed E-state index contributed by atoms with van der Waals surface area (Å²) in [6, 6.07) is 6.63. The molecule has 1 heterocycles.